The van der Waals surface area contributed by atoms with Crippen LogP contribution in [-0.4, -0.2) is 53.5 Å². The third kappa shape index (κ3) is 3.92. The molecule has 3 atom stereocenters. The van der Waals surface area contributed by atoms with E-state index in [1.165, 1.54) is 0 Å². The molecule has 2 fully saturated rings. The zero-order chi connectivity index (χ0) is 19.0. The van der Waals surface area contributed by atoms with Crippen LogP contribution in [0.2, 0.25) is 19.1 Å². The fraction of sp³-hybridized carbons (Fsp3) is 0.650. The Morgan fingerprint density at radius 1 is 1.26 bits per heavy atom. The SMILES string of the molecule is COCCOCOc1ccc2c(c1)C[C@H]1[C@@H]3C[C@H](CC(=O)N21)C[Si](C)(C)O3. The number of ether oxygens (including phenoxy) is 3. The highest BCUT2D eigenvalue weighted by molar-refractivity contribution is 6.71. The number of methoxy groups -OCH3 is 1. The predicted molar refractivity (Wildman–Crippen MR) is 105 cm³/mol. The lowest BCUT2D eigenvalue weighted by Crippen LogP contribution is -2.50. The lowest BCUT2D eigenvalue weighted by molar-refractivity contribution is -0.119. The first kappa shape index (κ1) is 18.9. The van der Waals surface area contributed by atoms with Crippen LogP contribution < -0.4 is 9.64 Å². The van der Waals surface area contributed by atoms with Gasteiger partial charge in [-0.25, -0.2) is 0 Å². The summed E-state index contributed by atoms with van der Waals surface area (Å²) in [5.41, 5.74) is 2.18. The number of carbonyl (C=O) groups excluding carboxylic acids is 1. The fourth-order valence-corrected chi connectivity index (χ4v) is 7.69. The number of hydrogen-bond donors (Lipinski definition) is 0. The average Bonchev–Trinajstić information content (AvgIpc) is 2.95. The van der Waals surface area contributed by atoms with Gasteiger partial charge in [-0.05, 0) is 61.7 Å². The summed E-state index contributed by atoms with van der Waals surface area (Å²) in [7, 11) is -0.0377. The van der Waals surface area contributed by atoms with Crippen molar-refractivity contribution in [2.75, 3.05) is 32.0 Å². The molecule has 2 bridgehead atoms. The maximum atomic E-state index is 13.0. The highest BCUT2D eigenvalue weighted by atomic mass is 28.4. The van der Waals surface area contributed by atoms with Crippen molar-refractivity contribution in [2.45, 2.75) is 50.5 Å². The number of anilines is 1. The average molecular weight is 392 g/mol. The first-order valence-electron chi connectivity index (χ1n) is 9.79. The summed E-state index contributed by atoms with van der Waals surface area (Å²) in [5.74, 6) is 1.50. The molecule has 0 unspecified atom stereocenters. The summed E-state index contributed by atoms with van der Waals surface area (Å²) in [6.07, 6.45) is 2.65. The van der Waals surface area contributed by atoms with Crippen molar-refractivity contribution in [1.29, 1.82) is 0 Å². The van der Waals surface area contributed by atoms with E-state index in [0.29, 0.717) is 25.6 Å². The van der Waals surface area contributed by atoms with Crippen molar-refractivity contribution >= 4 is 19.9 Å². The quantitative estimate of drug-likeness (QED) is 0.424. The summed E-state index contributed by atoms with van der Waals surface area (Å²) >= 11 is 0. The first-order valence-corrected chi connectivity index (χ1v) is 12.9. The van der Waals surface area contributed by atoms with Gasteiger partial charge in [0.15, 0.2) is 15.1 Å². The largest absolute Gasteiger partial charge is 0.468 e. The predicted octanol–water partition coefficient (Wildman–Crippen LogP) is 2.96. The first-order chi connectivity index (χ1) is 13.0. The molecule has 27 heavy (non-hydrogen) atoms. The molecule has 0 aromatic heterocycles. The van der Waals surface area contributed by atoms with Crippen molar-refractivity contribution in [3.8, 4) is 5.75 Å². The normalized spacial score (nSPS) is 28.5. The lowest BCUT2D eigenvalue weighted by atomic mass is 9.96. The third-order valence-corrected chi connectivity index (χ3v) is 8.29. The second-order valence-electron chi connectivity index (χ2n) is 8.41. The Labute approximate surface area is 161 Å². The van der Waals surface area contributed by atoms with E-state index in [9.17, 15) is 4.79 Å². The van der Waals surface area contributed by atoms with E-state index in [0.717, 1.165) is 35.9 Å². The molecule has 0 saturated carbocycles. The van der Waals surface area contributed by atoms with Gasteiger partial charge in [-0.2, -0.15) is 0 Å². The lowest BCUT2D eigenvalue weighted by Gasteiger charge is -2.40. The smallest absolute Gasteiger partial charge is 0.227 e. The molecule has 2 saturated heterocycles. The number of nitrogens with zero attached hydrogens (tertiary/aromatic N) is 1. The van der Waals surface area contributed by atoms with Gasteiger partial charge < -0.3 is 23.5 Å². The van der Waals surface area contributed by atoms with Crippen molar-refractivity contribution in [3.63, 3.8) is 0 Å². The zero-order valence-electron chi connectivity index (χ0n) is 16.4. The van der Waals surface area contributed by atoms with Gasteiger partial charge in [-0.1, -0.05) is 0 Å². The Kier molecular flexibility index (Phi) is 5.29. The minimum absolute atomic E-state index is 0.123. The van der Waals surface area contributed by atoms with Gasteiger partial charge in [0.25, 0.3) is 0 Å². The van der Waals surface area contributed by atoms with Crippen LogP contribution >= 0.6 is 0 Å². The topological polar surface area (TPSA) is 57.2 Å². The molecule has 0 aliphatic carbocycles. The minimum Gasteiger partial charge on any atom is -0.468 e. The fourth-order valence-electron chi connectivity index (χ4n) is 4.82. The highest BCUT2D eigenvalue weighted by Crippen LogP contribution is 2.45. The molecule has 1 aromatic rings. The van der Waals surface area contributed by atoms with Crippen molar-refractivity contribution in [1.82, 2.24) is 0 Å². The number of carbonyl (C=O) groups is 1. The standard InChI is InChI=1S/C20H29NO5Si/c1-23-6-7-24-13-25-16-4-5-17-15(10-16)11-18-19-8-14(9-20(22)21(17)18)12-27(2,3)26-19/h4-5,10,14,18-19H,6-9,11-13H2,1-3H3/t14-,18+,19+/m1/s1. The van der Waals surface area contributed by atoms with Crippen molar-refractivity contribution in [2.24, 2.45) is 5.92 Å². The highest BCUT2D eigenvalue weighted by Gasteiger charge is 2.49. The molecule has 0 radical (unpaired) electrons. The summed E-state index contributed by atoms with van der Waals surface area (Å²) in [6, 6.07) is 7.19. The van der Waals surface area contributed by atoms with Gasteiger partial charge in [0.2, 0.25) is 5.91 Å². The van der Waals surface area contributed by atoms with Gasteiger partial charge >= 0.3 is 0 Å². The van der Waals surface area contributed by atoms with E-state index in [4.69, 9.17) is 18.6 Å². The summed E-state index contributed by atoms with van der Waals surface area (Å²) in [4.78, 5) is 15.0. The summed E-state index contributed by atoms with van der Waals surface area (Å²) in [6.45, 7) is 5.81. The van der Waals surface area contributed by atoms with E-state index in [-0.39, 0.29) is 24.8 Å². The van der Waals surface area contributed by atoms with Gasteiger partial charge in [-0.15, -0.1) is 0 Å². The van der Waals surface area contributed by atoms with Crippen LogP contribution in [-0.2, 0) is 25.1 Å². The van der Waals surface area contributed by atoms with Crippen LogP contribution in [0.3, 0.4) is 0 Å². The number of benzene rings is 1. The molecule has 1 aromatic carbocycles. The Morgan fingerprint density at radius 2 is 2.11 bits per heavy atom. The summed E-state index contributed by atoms with van der Waals surface area (Å²) in [5, 5.41) is 0. The molecule has 7 heteroatoms. The maximum Gasteiger partial charge on any atom is 0.227 e. The second-order valence-corrected chi connectivity index (χ2v) is 12.6. The Morgan fingerprint density at radius 3 is 2.93 bits per heavy atom. The van der Waals surface area contributed by atoms with Crippen LogP contribution in [0.25, 0.3) is 0 Å². The Balaban J connectivity index is 1.49. The van der Waals surface area contributed by atoms with Gasteiger partial charge in [0.05, 0.1) is 25.4 Å². The van der Waals surface area contributed by atoms with E-state index in [2.05, 4.69) is 13.1 Å². The van der Waals surface area contributed by atoms with Crippen LogP contribution in [0.1, 0.15) is 18.4 Å². The third-order valence-electron chi connectivity index (χ3n) is 5.79. The Bertz CT molecular complexity index is 710. The van der Waals surface area contributed by atoms with Gasteiger partial charge in [0, 0.05) is 19.2 Å². The van der Waals surface area contributed by atoms with Crippen LogP contribution in [0.4, 0.5) is 5.69 Å². The van der Waals surface area contributed by atoms with Gasteiger partial charge in [-0.3, -0.25) is 4.79 Å². The molecule has 3 aliphatic heterocycles. The number of rotatable bonds is 6. The molecule has 148 valence electrons. The molecule has 0 spiro atoms. The van der Waals surface area contributed by atoms with E-state index in [1.54, 1.807) is 7.11 Å². The molecule has 3 aliphatic rings. The number of fused-ring (bicyclic) bond motifs is 6. The van der Waals surface area contributed by atoms with E-state index < -0.39 is 8.32 Å². The van der Waals surface area contributed by atoms with E-state index >= 15 is 0 Å². The van der Waals surface area contributed by atoms with Gasteiger partial charge in [0.1, 0.15) is 5.75 Å². The Hall–Kier alpha value is -1.41. The minimum atomic E-state index is -1.68. The zero-order valence-corrected chi connectivity index (χ0v) is 17.4. The van der Waals surface area contributed by atoms with Crippen LogP contribution in [0.5, 0.6) is 5.75 Å². The number of hydrogen-bond acceptors (Lipinski definition) is 5. The molecule has 6 nitrogen and oxygen atoms in total. The molecule has 1 amide bonds. The molecule has 3 heterocycles. The van der Waals surface area contributed by atoms with E-state index in [1.807, 2.05) is 23.1 Å². The summed E-state index contributed by atoms with van der Waals surface area (Å²) < 4.78 is 22.5. The maximum absolute atomic E-state index is 13.0. The second kappa shape index (κ2) is 7.54. The van der Waals surface area contributed by atoms with Crippen molar-refractivity contribution < 1.29 is 23.4 Å². The molecular weight excluding hydrogens is 362 g/mol. The molecule has 4 rings (SSSR count). The number of amides is 1. The van der Waals surface area contributed by atoms with Crippen molar-refractivity contribution in [3.05, 3.63) is 23.8 Å². The molecular formula is C20H29NO5Si. The van der Waals surface area contributed by atoms with Crippen LogP contribution in [0, 0.1) is 5.92 Å². The van der Waals surface area contributed by atoms with Crippen LogP contribution in [0.15, 0.2) is 18.2 Å². The monoisotopic (exact) mass is 391 g/mol. The molecule has 0 N–H and O–H groups in total.